The molecule has 0 saturated heterocycles. The highest BCUT2D eigenvalue weighted by Gasteiger charge is 2.29. The predicted octanol–water partition coefficient (Wildman–Crippen LogP) is 6.12. The molecule has 4 rings (SSSR count). The maximum atomic E-state index is 13.1. The van der Waals surface area contributed by atoms with Gasteiger partial charge < -0.3 is 9.47 Å². The summed E-state index contributed by atoms with van der Waals surface area (Å²) in [6, 6.07) is 26.5. The van der Waals surface area contributed by atoms with Gasteiger partial charge in [-0.25, -0.2) is 0 Å². The molecule has 3 aromatic carbocycles. The second kappa shape index (κ2) is 13.7. The molecule has 0 spiro atoms. The van der Waals surface area contributed by atoms with Crippen molar-refractivity contribution in [3.05, 3.63) is 102 Å². The summed E-state index contributed by atoms with van der Waals surface area (Å²) in [5.41, 5.74) is 4.90. The van der Waals surface area contributed by atoms with Crippen LogP contribution in [0.5, 0.6) is 0 Å². The maximum Gasteiger partial charge on any atom is 0.323 e. The Kier molecular flexibility index (Phi) is 9.81. The van der Waals surface area contributed by atoms with Crippen LogP contribution >= 0.6 is 0 Å². The van der Waals surface area contributed by atoms with Gasteiger partial charge in [-0.1, -0.05) is 86.6 Å². The number of hydrogen-bond acceptors (Lipinski definition) is 6. The minimum Gasteiger partial charge on any atom is -0.465 e. The SMILES string of the molecule is CCOC(=O)[C@H](Cc1ccc(-c2cnc3ccccc3c2)cc1)N[C@@H](CC(C)C)C(=O)OCc1ccccc1. The van der Waals surface area contributed by atoms with Crippen molar-refractivity contribution < 1.29 is 19.1 Å². The number of benzene rings is 3. The van der Waals surface area contributed by atoms with E-state index in [0.29, 0.717) is 12.8 Å². The molecule has 0 amide bonds. The number of ether oxygens (including phenoxy) is 2. The van der Waals surface area contributed by atoms with Crippen LogP contribution in [0.15, 0.2) is 91.1 Å². The summed E-state index contributed by atoms with van der Waals surface area (Å²) in [5, 5.41) is 4.35. The van der Waals surface area contributed by atoms with Gasteiger partial charge in [0.15, 0.2) is 0 Å². The Labute approximate surface area is 230 Å². The van der Waals surface area contributed by atoms with Crippen LogP contribution in [-0.2, 0) is 32.1 Å². The minimum absolute atomic E-state index is 0.186. The van der Waals surface area contributed by atoms with Crippen LogP contribution in [0.3, 0.4) is 0 Å². The molecule has 6 heteroatoms. The van der Waals surface area contributed by atoms with E-state index in [2.05, 4.69) is 16.4 Å². The van der Waals surface area contributed by atoms with E-state index >= 15 is 0 Å². The number of carbonyl (C=O) groups excluding carboxylic acids is 2. The fourth-order valence-electron chi connectivity index (χ4n) is 4.53. The summed E-state index contributed by atoms with van der Waals surface area (Å²) >= 11 is 0. The fourth-order valence-corrected chi connectivity index (χ4v) is 4.53. The van der Waals surface area contributed by atoms with Crippen molar-refractivity contribution in [3.8, 4) is 11.1 Å². The monoisotopic (exact) mass is 524 g/mol. The van der Waals surface area contributed by atoms with E-state index in [1.807, 2.05) is 98.9 Å². The van der Waals surface area contributed by atoms with Crippen LogP contribution < -0.4 is 5.32 Å². The van der Waals surface area contributed by atoms with Gasteiger partial charge in [-0.3, -0.25) is 19.9 Å². The molecule has 0 saturated carbocycles. The topological polar surface area (TPSA) is 77.5 Å². The van der Waals surface area contributed by atoms with Gasteiger partial charge >= 0.3 is 11.9 Å². The lowest BCUT2D eigenvalue weighted by atomic mass is 9.98. The number of rotatable bonds is 12. The lowest BCUT2D eigenvalue weighted by Gasteiger charge is -2.25. The van der Waals surface area contributed by atoms with Crippen LogP contribution in [0.1, 0.15) is 38.3 Å². The summed E-state index contributed by atoms with van der Waals surface area (Å²) in [6.07, 6.45) is 2.80. The molecule has 0 fully saturated rings. The van der Waals surface area contributed by atoms with Crippen molar-refractivity contribution in [1.29, 1.82) is 0 Å². The molecule has 4 aromatic rings. The Hall–Kier alpha value is -4.03. The molecule has 0 aliphatic carbocycles. The van der Waals surface area contributed by atoms with Crippen molar-refractivity contribution in [1.82, 2.24) is 10.3 Å². The second-order valence-corrected chi connectivity index (χ2v) is 10.1. The molecule has 2 atom stereocenters. The lowest BCUT2D eigenvalue weighted by molar-refractivity contribution is -0.150. The van der Waals surface area contributed by atoms with Gasteiger partial charge in [-0.2, -0.15) is 0 Å². The summed E-state index contributed by atoms with van der Waals surface area (Å²) in [6.45, 7) is 6.31. The zero-order chi connectivity index (χ0) is 27.6. The number of esters is 2. The van der Waals surface area contributed by atoms with Crippen molar-refractivity contribution >= 4 is 22.8 Å². The third-order valence-electron chi connectivity index (χ3n) is 6.51. The van der Waals surface area contributed by atoms with Crippen LogP contribution in [0.25, 0.3) is 22.0 Å². The van der Waals surface area contributed by atoms with Crippen LogP contribution in [0.4, 0.5) is 0 Å². The number of nitrogens with zero attached hydrogens (tertiary/aromatic N) is 1. The van der Waals surface area contributed by atoms with E-state index in [-0.39, 0.29) is 31.1 Å². The highest BCUT2D eigenvalue weighted by molar-refractivity contribution is 5.83. The fraction of sp³-hybridized carbons (Fsp3) is 0.303. The summed E-state index contributed by atoms with van der Waals surface area (Å²) < 4.78 is 11.0. The smallest absolute Gasteiger partial charge is 0.323 e. The van der Waals surface area contributed by atoms with Crippen molar-refractivity contribution in [3.63, 3.8) is 0 Å². The molecular weight excluding hydrogens is 488 g/mol. The number of carbonyl (C=O) groups is 2. The number of nitrogens with one attached hydrogen (secondary N) is 1. The number of hydrogen-bond donors (Lipinski definition) is 1. The summed E-state index contributed by atoms with van der Waals surface area (Å²) in [4.78, 5) is 30.6. The standard InChI is InChI=1S/C33H36N2O4/c1-4-38-32(36)31(35-30(18-23(2)3)33(37)39-22-25-10-6-5-7-11-25)19-24-14-16-26(17-15-24)28-20-27-12-8-9-13-29(27)34-21-28/h5-17,20-21,23,30-31,35H,4,18-19,22H2,1-3H3/t30-,31-/m0/s1. The van der Waals surface area contributed by atoms with Gasteiger partial charge in [-0.15, -0.1) is 0 Å². The van der Waals surface area contributed by atoms with Crippen LogP contribution in [0.2, 0.25) is 0 Å². The highest BCUT2D eigenvalue weighted by Crippen LogP contribution is 2.23. The Morgan fingerprint density at radius 3 is 2.21 bits per heavy atom. The van der Waals surface area contributed by atoms with E-state index in [4.69, 9.17) is 9.47 Å². The third-order valence-corrected chi connectivity index (χ3v) is 6.51. The number of pyridine rings is 1. The van der Waals surface area contributed by atoms with E-state index in [0.717, 1.165) is 33.2 Å². The van der Waals surface area contributed by atoms with Gasteiger partial charge in [0.2, 0.25) is 0 Å². The first-order chi connectivity index (χ1) is 18.9. The maximum absolute atomic E-state index is 13.1. The molecule has 0 aliphatic heterocycles. The molecular formula is C33H36N2O4. The number of para-hydroxylation sites is 1. The Balaban J connectivity index is 1.48. The second-order valence-electron chi connectivity index (χ2n) is 10.1. The van der Waals surface area contributed by atoms with Gasteiger partial charge in [0.25, 0.3) is 0 Å². The van der Waals surface area contributed by atoms with Gasteiger partial charge in [0.05, 0.1) is 12.1 Å². The van der Waals surface area contributed by atoms with E-state index < -0.39 is 12.1 Å². The molecule has 1 heterocycles. The molecule has 1 aromatic heterocycles. The highest BCUT2D eigenvalue weighted by atomic mass is 16.5. The molecule has 0 bridgehead atoms. The summed E-state index contributed by atoms with van der Waals surface area (Å²) in [5.74, 6) is -0.532. The quantitative estimate of drug-likeness (QED) is 0.225. The van der Waals surface area contributed by atoms with Gasteiger partial charge in [-0.05, 0) is 54.5 Å². The van der Waals surface area contributed by atoms with E-state index in [1.165, 1.54) is 0 Å². The Bertz CT molecular complexity index is 1370. The number of aromatic nitrogens is 1. The average molecular weight is 525 g/mol. The molecule has 0 unspecified atom stereocenters. The van der Waals surface area contributed by atoms with Crippen molar-refractivity contribution in [2.75, 3.05) is 6.61 Å². The summed E-state index contributed by atoms with van der Waals surface area (Å²) in [7, 11) is 0. The van der Waals surface area contributed by atoms with Crippen molar-refractivity contribution in [2.24, 2.45) is 5.92 Å². The molecule has 202 valence electrons. The third kappa shape index (κ3) is 7.98. The normalized spacial score (nSPS) is 12.7. The Morgan fingerprint density at radius 1 is 0.795 bits per heavy atom. The molecule has 0 aliphatic rings. The number of fused-ring (bicyclic) bond motifs is 1. The Morgan fingerprint density at radius 2 is 1.49 bits per heavy atom. The van der Waals surface area contributed by atoms with Gasteiger partial charge in [0.1, 0.15) is 18.7 Å². The molecule has 1 N–H and O–H groups in total. The molecule has 39 heavy (non-hydrogen) atoms. The van der Waals surface area contributed by atoms with Crippen molar-refractivity contribution in [2.45, 2.75) is 52.3 Å². The zero-order valence-corrected chi connectivity index (χ0v) is 22.8. The van der Waals surface area contributed by atoms with E-state index in [1.54, 1.807) is 6.92 Å². The first kappa shape index (κ1) is 28.0. The molecule has 0 radical (unpaired) electrons. The largest absolute Gasteiger partial charge is 0.465 e. The van der Waals surface area contributed by atoms with Gasteiger partial charge in [0, 0.05) is 17.1 Å². The lowest BCUT2D eigenvalue weighted by Crippen LogP contribution is -2.50. The van der Waals surface area contributed by atoms with Crippen LogP contribution in [0, 0.1) is 5.92 Å². The van der Waals surface area contributed by atoms with E-state index in [9.17, 15) is 9.59 Å². The zero-order valence-electron chi connectivity index (χ0n) is 22.8. The first-order valence-corrected chi connectivity index (χ1v) is 13.5. The average Bonchev–Trinajstić information content (AvgIpc) is 2.95. The predicted molar refractivity (Wildman–Crippen MR) is 154 cm³/mol. The first-order valence-electron chi connectivity index (χ1n) is 13.5. The van der Waals surface area contributed by atoms with Crippen LogP contribution in [-0.4, -0.2) is 35.6 Å². The molecule has 6 nitrogen and oxygen atoms in total. The minimum atomic E-state index is -0.689.